The number of piperidine rings is 1. The van der Waals surface area contributed by atoms with Crippen molar-refractivity contribution >= 4 is 11.1 Å². The summed E-state index contributed by atoms with van der Waals surface area (Å²) in [5, 5.41) is 3.47. The summed E-state index contributed by atoms with van der Waals surface area (Å²) < 4.78 is 19.6. The quantitative estimate of drug-likeness (QED) is 0.570. The third-order valence-electron chi connectivity index (χ3n) is 2.71. The molecule has 0 aromatic heterocycles. The highest BCUT2D eigenvalue weighted by molar-refractivity contribution is 7.79. The van der Waals surface area contributed by atoms with E-state index in [9.17, 15) is 4.21 Å². The average molecular weight is 175 g/mol. The van der Waals surface area contributed by atoms with Crippen LogP contribution in [0.25, 0.3) is 0 Å². The lowest BCUT2D eigenvalue weighted by Crippen LogP contribution is -2.41. The lowest BCUT2D eigenvalue weighted by molar-refractivity contribution is 0.396. The zero-order valence-electron chi connectivity index (χ0n) is 6.32. The minimum absolute atomic E-state index is 0.0359. The van der Waals surface area contributed by atoms with E-state index >= 15 is 0 Å². The van der Waals surface area contributed by atoms with E-state index < -0.39 is 11.1 Å². The van der Waals surface area contributed by atoms with E-state index in [0.29, 0.717) is 12.1 Å². The van der Waals surface area contributed by atoms with Crippen molar-refractivity contribution in [3.8, 4) is 0 Å². The van der Waals surface area contributed by atoms with Crippen LogP contribution in [0.1, 0.15) is 25.7 Å². The van der Waals surface area contributed by atoms with Crippen LogP contribution < -0.4 is 5.32 Å². The summed E-state index contributed by atoms with van der Waals surface area (Å²) in [6.07, 6.45) is 4.16. The first-order valence-electron chi connectivity index (χ1n) is 4.11. The van der Waals surface area contributed by atoms with Crippen LogP contribution in [0.4, 0.5) is 0 Å². The lowest BCUT2D eigenvalue weighted by atomic mass is 10.1. The molecule has 64 valence electrons. The summed E-state index contributed by atoms with van der Waals surface area (Å²) in [6.45, 7) is 0. The maximum atomic E-state index is 10.8. The molecule has 2 fully saturated rings. The molecule has 0 spiro atoms. The number of nitrogens with one attached hydrogen (secondary N) is 1. The maximum absolute atomic E-state index is 10.8. The smallest absolute Gasteiger partial charge is 0.156 e. The summed E-state index contributed by atoms with van der Waals surface area (Å²) >= 11 is -1.59. The van der Waals surface area contributed by atoms with Crippen molar-refractivity contribution in [1.29, 1.82) is 0 Å². The number of hydrogen-bond donors (Lipinski definition) is 2. The SMILES string of the molecule is O=S(O)C1CC2CCC(C1)N2. The summed E-state index contributed by atoms with van der Waals surface area (Å²) in [5.74, 6) is 0. The summed E-state index contributed by atoms with van der Waals surface area (Å²) in [6, 6.07) is 1.05. The Bertz CT molecular complexity index is 173. The van der Waals surface area contributed by atoms with Gasteiger partial charge in [0.1, 0.15) is 0 Å². The highest BCUT2D eigenvalue weighted by atomic mass is 32.2. The molecule has 0 aromatic rings. The Hall–Kier alpha value is 0.0700. The Kier molecular flexibility index (Phi) is 1.99. The first-order chi connectivity index (χ1) is 5.25. The van der Waals surface area contributed by atoms with Crippen LogP contribution in [0.15, 0.2) is 0 Å². The highest BCUT2D eigenvalue weighted by Gasteiger charge is 2.35. The number of hydrogen-bond acceptors (Lipinski definition) is 2. The Balaban J connectivity index is 2.02. The van der Waals surface area contributed by atoms with E-state index in [0.717, 1.165) is 12.8 Å². The van der Waals surface area contributed by atoms with Crippen molar-refractivity contribution in [2.45, 2.75) is 43.0 Å². The van der Waals surface area contributed by atoms with E-state index in [-0.39, 0.29) is 5.25 Å². The van der Waals surface area contributed by atoms with Gasteiger partial charge in [-0.1, -0.05) is 0 Å². The maximum Gasteiger partial charge on any atom is 0.156 e. The first-order valence-corrected chi connectivity index (χ1v) is 5.28. The molecule has 0 aromatic carbocycles. The van der Waals surface area contributed by atoms with Crippen LogP contribution in [-0.2, 0) is 11.1 Å². The molecule has 2 N–H and O–H groups in total. The van der Waals surface area contributed by atoms with Crippen LogP contribution >= 0.6 is 0 Å². The zero-order chi connectivity index (χ0) is 7.84. The van der Waals surface area contributed by atoms with Crippen molar-refractivity contribution < 1.29 is 8.76 Å². The van der Waals surface area contributed by atoms with Crippen LogP contribution in [0.2, 0.25) is 0 Å². The van der Waals surface area contributed by atoms with Gasteiger partial charge in [0.05, 0.1) is 5.25 Å². The first kappa shape index (κ1) is 7.71. The Morgan fingerprint density at radius 2 is 1.82 bits per heavy atom. The van der Waals surface area contributed by atoms with Crippen LogP contribution in [0, 0.1) is 0 Å². The molecule has 0 saturated carbocycles. The molecule has 2 bridgehead atoms. The molecule has 0 radical (unpaired) electrons. The summed E-state index contributed by atoms with van der Waals surface area (Å²) in [5.41, 5.74) is 0. The molecule has 3 nitrogen and oxygen atoms in total. The molecule has 4 heteroatoms. The summed E-state index contributed by atoms with van der Waals surface area (Å²) in [7, 11) is 0. The molecular formula is C7H13NO2S. The Labute approximate surface area is 68.8 Å². The molecule has 2 aliphatic heterocycles. The fraction of sp³-hybridized carbons (Fsp3) is 1.00. The third-order valence-corrected chi connectivity index (χ3v) is 3.67. The van der Waals surface area contributed by atoms with E-state index in [1.54, 1.807) is 0 Å². The molecule has 2 rings (SSSR count). The van der Waals surface area contributed by atoms with Gasteiger partial charge in [0.2, 0.25) is 0 Å². The van der Waals surface area contributed by atoms with Crippen molar-refractivity contribution in [2.24, 2.45) is 0 Å². The largest absolute Gasteiger partial charge is 0.311 e. The van der Waals surface area contributed by atoms with Crippen molar-refractivity contribution in [2.75, 3.05) is 0 Å². The van der Waals surface area contributed by atoms with Crippen LogP contribution in [0.5, 0.6) is 0 Å². The molecule has 0 amide bonds. The minimum Gasteiger partial charge on any atom is -0.311 e. The minimum atomic E-state index is -1.59. The topological polar surface area (TPSA) is 49.3 Å². The number of rotatable bonds is 1. The van der Waals surface area contributed by atoms with Gasteiger partial charge in [-0.3, -0.25) is 0 Å². The predicted molar refractivity (Wildman–Crippen MR) is 43.7 cm³/mol. The average Bonchev–Trinajstić information content (AvgIpc) is 2.30. The van der Waals surface area contributed by atoms with Crippen LogP contribution in [-0.4, -0.2) is 26.1 Å². The van der Waals surface area contributed by atoms with Crippen LogP contribution in [0.3, 0.4) is 0 Å². The monoisotopic (exact) mass is 175 g/mol. The second-order valence-electron chi connectivity index (χ2n) is 3.51. The van der Waals surface area contributed by atoms with Crippen molar-refractivity contribution in [1.82, 2.24) is 5.32 Å². The Morgan fingerprint density at radius 1 is 1.27 bits per heavy atom. The molecular weight excluding hydrogens is 162 g/mol. The third kappa shape index (κ3) is 1.48. The van der Waals surface area contributed by atoms with Gasteiger partial charge < -0.3 is 9.87 Å². The molecule has 2 aliphatic rings. The van der Waals surface area contributed by atoms with Gasteiger partial charge in [0.25, 0.3) is 0 Å². The molecule has 3 unspecified atom stereocenters. The lowest BCUT2D eigenvalue weighted by Gasteiger charge is -2.26. The standard InChI is InChI=1S/C7H13NO2S/c9-11(10)7-3-5-1-2-6(4-7)8-5/h5-8H,1-4H2,(H,9,10). The molecule has 2 saturated heterocycles. The van der Waals surface area contributed by atoms with E-state index in [4.69, 9.17) is 4.55 Å². The van der Waals surface area contributed by atoms with Gasteiger partial charge in [0, 0.05) is 12.1 Å². The second-order valence-corrected chi connectivity index (χ2v) is 4.73. The van der Waals surface area contributed by atoms with Gasteiger partial charge in [-0.05, 0) is 25.7 Å². The van der Waals surface area contributed by atoms with Gasteiger partial charge in [-0.25, -0.2) is 4.21 Å². The fourth-order valence-corrected chi connectivity index (χ4v) is 2.96. The zero-order valence-corrected chi connectivity index (χ0v) is 7.14. The normalized spacial score (nSPS) is 45.7. The van der Waals surface area contributed by atoms with Crippen molar-refractivity contribution in [3.63, 3.8) is 0 Å². The molecule has 3 atom stereocenters. The highest BCUT2D eigenvalue weighted by Crippen LogP contribution is 2.28. The molecule has 0 aliphatic carbocycles. The Morgan fingerprint density at radius 3 is 2.27 bits per heavy atom. The van der Waals surface area contributed by atoms with Gasteiger partial charge in [0.15, 0.2) is 11.1 Å². The van der Waals surface area contributed by atoms with E-state index in [2.05, 4.69) is 5.32 Å². The van der Waals surface area contributed by atoms with E-state index in [1.165, 1.54) is 12.8 Å². The van der Waals surface area contributed by atoms with Gasteiger partial charge in [-0.15, -0.1) is 0 Å². The van der Waals surface area contributed by atoms with Gasteiger partial charge in [-0.2, -0.15) is 0 Å². The predicted octanol–water partition coefficient (Wildman–Crippen LogP) is 0.491. The van der Waals surface area contributed by atoms with E-state index in [1.807, 2.05) is 0 Å². The van der Waals surface area contributed by atoms with Crippen molar-refractivity contribution in [3.05, 3.63) is 0 Å². The molecule has 11 heavy (non-hydrogen) atoms. The molecule has 2 heterocycles. The fourth-order valence-electron chi connectivity index (χ4n) is 2.17. The summed E-state index contributed by atoms with van der Waals surface area (Å²) in [4.78, 5) is 0. The second kappa shape index (κ2) is 2.84. The van der Waals surface area contributed by atoms with Gasteiger partial charge >= 0.3 is 0 Å². The number of fused-ring (bicyclic) bond motifs is 2.